The van der Waals surface area contributed by atoms with E-state index in [2.05, 4.69) is 4.98 Å². The lowest BCUT2D eigenvalue weighted by molar-refractivity contribution is 1.56. The van der Waals surface area contributed by atoms with Crippen molar-refractivity contribution < 1.29 is 0 Å². The molecular weight excluding hydrogens is 414 g/mol. The third kappa shape index (κ3) is 2.11. The summed E-state index contributed by atoms with van der Waals surface area (Å²) in [4.78, 5) is 56.3. The maximum atomic E-state index is 13.4. The summed E-state index contributed by atoms with van der Waals surface area (Å²) >= 11 is 0. The largest absolute Gasteiger partial charge is 0.353 e. The fourth-order valence-corrected chi connectivity index (χ4v) is 5.21. The second-order valence-corrected chi connectivity index (χ2v) is 8.35. The SMILES string of the molecule is O=c1c2ccccc2c(=O)c2c1ccc1c3ccc4c(=O)c5ccccc5c(=O)c4c3[nH]c12. The van der Waals surface area contributed by atoms with E-state index in [1.165, 1.54) is 0 Å². The Balaban J connectivity index is 1.79. The first-order chi connectivity index (χ1) is 16.1. The van der Waals surface area contributed by atoms with Gasteiger partial charge in [-0.25, -0.2) is 0 Å². The van der Waals surface area contributed by atoms with Crippen molar-refractivity contribution >= 4 is 64.9 Å². The molecule has 154 valence electrons. The van der Waals surface area contributed by atoms with Crippen molar-refractivity contribution in [2.45, 2.75) is 0 Å². The molecule has 5 heteroatoms. The molecule has 1 heterocycles. The summed E-state index contributed by atoms with van der Waals surface area (Å²) in [6, 6.07) is 20.5. The standard InChI is InChI=1S/C28H13NO4/c30-25-15-5-1-3-7-17(15)27(32)21-19(25)11-9-13-14-10-12-20-22(24(14)29-23(13)21)28(33)18-8-4-2-6-16(18)26(20)31/h1-12,29H. The minimum atomic E-state index is -0.237. The third-order valence-corrected chi connectivity index (χ3v) is 6.73. The highest BCUT2D eigenvalue weighted by Crippen LogP contribution is 2.32. The average molecular weight is 427 g/mol. The molecule has 0 spiro atoms. The Morgan fingerprint density at radius 3 is 1.09 bits per heavy atom. The summed E-state index contributed by atoms with van der Waals surface area (Å²) in [5.41, 5.74) is 0.120. The van der Waals surface area contributed by atoms with Crippen molar-refractivity contribution in [2.24, 2.45) is 0 Å². The van der Waals surface area contributed by atoms with Gasteiger partial charge in [-0.2, -0.15) is 0 Å². The van der Waals surface area contributed by atoms with Crippen LogP contribution in [0.15, 0.2) is 92.0 Å². The molecular formula is C28H13NO4. The Kier molecular flexibility index (Phi) is 3.26. The second-order valence-electron chi connectivity index (χ2n) is 8.35. The zero-order valence-corrected chi connectivity index (χ0v) is 17.1. The van der Waals surface area contributed by atoms with E-state index in [0.29, 0.717) is 54.1 Å². The van der Waals surface area contributed by atoms with Crippen molar-refractivity contribution in [3.63, 3.8) is 0 Å². The van der Waals surface area contributed by atoms with Gasteiger partial charge in [0.2, 0.25) is 0 Å². The number of hydrogen-bond acceptors (Lipinski definition) is 4. The van der Waals surface area contributed by atoms with E-state index in [9.17, 15) is 19.2 Å². The number of aromatic nitrogens is 1. The normalized spacial score (nSPS) is 12.1. The van der Waals surface area contributed by atoms with Gasteiger partial charge in [0.25, 0.3) is 0 Å². The van der Waals surface area contributed by atoms with Gasteiger partial charge in [-0.15, -0.1) is 0 Å². The highest BCUT2D eigenvalue weighted by molar-refractivity contribution is 6.24. The Hall–Kier alpha value is -4.64. The van der Waals surface area contributed by atoms with Gasteiger partial charge in [0.15, 0.2) is 21.7 Å². The fraction of sp³-hybridized carbons (Fsp3) is 0. The molecule has 1 aromatic heterocycles. The Morgan fingerprint density at radius 1 is 0.364 bits per heavy atom. The maximum absolute atomic E-state index is 13.4. The van der Waals surface area contributed by atoms with Crippen LogP contribution in [0.5, 0.6) is 0 Å². The lowest BCUT2D eigenvalue weighted by Gasteiger charge is -2.02. The molecule has 0 fully saturated rings. The number of nitrogens with one attached hydrogen (secondary N) is 1. The van der Waals surface area contributed by atoms with Gasteiger partial charge in [-0.05, 0) is 12.1 Å². The van der Waals surface area contributed by atoms with E-state index in [1.54, 1.807) is 72.8 Å². The van der Waals surface area contributed by atoms with Crippen molar-refractivity contribution in [3.05, 3.63) is 114 Å². The van der Waals surface area contributed by atoms with Crippen molar-refractivity contribution in [1.82, 2.24) is 4.98 Å². The molecule has 6 aromatic carbocycles. The van der Waals surface area contributed by atoms with E-state index >= 15 is 0 Å². The van der Waals surface area contributed by atoms with Gasteiger partial charge in [0, 0.05) is 43.1 Å². The molecule has 7 rings (SSSR count). The molecule has 5 nitrogen and oxygen atoms in total. The minimum absolute atomic E-state index is 0.206. The van der Waals surface area contributed by atoms with E-state index in [4.69, 9.17) is 0 Å². The molecule has 0 bridgehead atoms. The van der Waals surface area contributed by atoms with E-state index in [-0.39, 0.29) is 21.7 Å². The monoisotopic (exact) mass is 427 g/mol. The number of H-pyrrole nitrogens is 1. The molecule has 7 aromatic rings. The van der Waals surface area contributed by atoms with Crippen LogP contribution in [0.2, 0.25) is 0 Å². The zero-order chi connectivity index (χ0) is 22.4. The third-order valence-electron chi connectivity index (χ3n) is 6.73. The predicted molar refractivity (Wildman–Crippen MR) is 133 cm³/mol. The molecule has 0 aliphatic rings. The summed E-state index contributed by atoms with van der Waals surface area (Å²) in [5, 5.41) is 4.23. The van der Waals surface area contributed by atoms with Crippen molar-refractivity contribution in [1.29, 1.82) is 0 Å². The number of hydrogen-bond donors (Lipinski definition) is 1. The quantitative estimate of drug-likeness (QED) is 0.367. The van der Waals surface area contributed by atoms with Crippen molar-refractivity contribution in [3.8, 4) is 0 Å². The smallest absolute Gasteiger partial charge is 0.196 e. The molecule has 0 aliphatic heterocycles. The highest BCUT2D eigenvalue weighted by atomic mass is 16.1. The van der Waals surface area contributed by atoms with Crippen molar-refractivity contribution in [2.75, 3.05) is 0 Å². The number of aromatic amines is 1. The molecule has 0 aliphatic carbocycles. The van der Waals surface area contributed by atoms with Crippen LogP contribution >= 0.6 is 0 Å². The lowest BCUT2D eigenvalue weighted by Crippen LogP contribution is -2.13. The molecule has 1 N–H and O–H groups in total. The van der Waals surface area contributed by atoms with Crippen LogP contribution in [0.4, 0.5) is 0 Å². The van der Waals surface area contributed by atoms with Crippen LogP contribution in [0.3, 0.4) is 0 Å². The van der Waals surface area contributed by atoms with E-state index in [0.717, 1.165) is 10.8 Å². The molecule has 0 saturated heterocycles. The van der Waals surface area contributed by atoms with Gasteiger partial charge >= 0.3 is 0 Å². The first kappa shape index (κ1) is 18.0. The topological polar surface area (TPSA) is 84.1 Å². The van der Waals surface area contributed by atoms with Crippen LogP contribution in [-0.2, 0) is 0 Å². The van der Waals surface area contributed by atoms with Gasteiger partial charge in [-0.3, -0.25) is 19.2 Å². The Labute approximate surface area is 183 Å². The second kappa shape index (κ2) is 5.99. The van der Waals surface area contributed by atoms with Gasteiger partial charge in [0.1, 0.15) is 0 Å². The Bertz CT molecular complexity index is 2060. The van der Waals surface area contributed by atoms with Gasteiger partial charge in [-0.1, -0.05) is 60.7 Å². The zero-order valence-electron chi connectivity index (χ0n) is 17.1. The van der Waals surface area contributed by atoms with Crippen LogP contribution in [0.25, 0.3) is 64.9 Å². The van der Waals surface area contributed by atoms with E-state index < -0.39 is 0 Å². The van der Waals surface area contributed by atoms with Crippen LogP contribution < -0.4 is 21.7 Å². The first-order valence-electron chi connectivity index (χ1n) is 10.5. The van der Waals surface area contributed by atoms with Crippen LogP contribution in [-0.4, -0.2) is 4.98 Å². The average Bonchev–Trinajstić information content (AvgIpc) is 3.24. The molecule has 0 unspecified atom stereocenters. The number of fused-ring (bicyclic) bond motifs is 9. The summed E-state index contributed by atoms with van der Waals surface area (Å²) < 4.78 is 0. The summed E-state index contributed by atoms with van der Waals surface area (Å²) in [5.74, 6) is 0. The molecule has 0 radical (unpaired) electrons. The molecule has 0 saturated carbocycles. The molecule has 0 amide bonds. The minimum Gasteiger partial charge on any atom is -0.353 e. The van der Waals surface area contributed by atoms with Gasteiger partial charge < -0.3 is 4.98 Å². The number of rotatable bonds is 0. The maximum Gasteiger partial charge on any atom is 0.196 e. The number of benzene rings is 6. The first-order valence-corrected chi connectivity index (χ1v) is 10.5. The summed E-state index contributed by atoms with van der Waals surface area (Å²) in [7, 11) is 0. The van der Waals surface area contributed by atoms with Gasteiger partial charge in [0.05, 0.1) is 21.8 Å². The summed E-state index contributed by atoms with van der Waals surface area (Å²) in [6.45, 7) is 0. The Morgan fingerprint density at radius 2 is 0.697 bits per heavy atom. The fourth-order valence-electron chi connectivity index (χ4n) is 5.21. The lowest BCUT2D eigenvalue weighted by atomic mass is 9.98. The van der Waals surface area contributed by atoms with E-state index in [1.807, 2.05) is 0 Å². The summed E-state index contributed by atoms with van der Waals surface area (Å²) in [6.07, 6.45) is 0. The van der Waals surface area contributed by atoms with Crippen LogP contribution in [0.1, 0.15) is 0 Å². The highest BCUT2D eigenvalue weighted by Gasteiger charge is 2.19. The molecule has 0 atom stereocenters. The van der Waals surface area contributed by atoms with Crippen LogP contribution in [0, 0.1) is 0 Å². The molecule has 33 heavy (non-hydrogen) atoms. The predicted octanol–water partition coefficient (Wildman–Crippen LogP) is 4.25.